The number of amides is 1. The lowest BCUT2D eigenvalue weighted by atomic mass is 10.2. The van der Waals surface area contributed by atoms with E-state index in [4.69, 9.17) is 16.3 Å². The summed E-state index contributed by atoms with van der Waals surface area (Å²) in [5, 5.41) is 14.7. The molecule has 2 aromatic heterocycles. The first kappa shape index (κ1) is 17.8. The molecule has 0 bridgehead atoms. The molecule has 1 aromatic carbocycles. The Morgan fingerprint density at radius 1 is 1.15 bits per heavy atom. The molecule has 2 N–H and O–H groups in total. The maximum atomic E-state index is 12.3. The fourth-order valence-corrected chi connectivity index (χ4v) is 2.54. The number of methoxy groups -OCH3 is 1. The van der Waals surface area contributed by atoms with Crippen LogP contribution >= 0.6 is 11.6 Å². The van der Waals surface area contributed by atoms with Crippen molar-refractivity contribution in [3.8, 4) is 11.6 Å². The minimum atomic E-state index is -0.250. The number of hydrogen-bond donors (Lipinski definition) is 2. The number of nitrogens with one attached hydrogen (secondary N) is 2. The second kappa shape index (κ2) is 8.35. The quantitative estimate of drug-likeness (QED) is 0.624. The number of benzene rings is 1. The Bertz CT molecular complexity index is 866. The van der Waals surface area contributed by atoms with E-state index in [9.17, 15) is 4.79 Å². The summed E-state index contributed by atoms with van der Waals surface area (Å²) >= 11 is 5.94. The van der Waals surface area contributed by atoms with Crippen molar-refractivity contribution >= 4 is 23.3 Å². The third kappa shape index (κ3) is 4.31. The number of aromatic nitrogens is 3. The minimum Gasteiger partial charge on any atom is -0.496 e. The van der Waals surface area contributed by atoms with Crippen LogP contribution in [0.3, 0.4) is 0 Å². The van der Waals surface area contributed by atoms with Crippen molar-refractivity contribution in [3.05, 3.63) is 65.4 Å². The smallest absolute Gasteiger partial charge is 0.255 e. The highest BCUT2D eigenvalue weighted by Crippen LogP contribution is 2.22. The molecule has 0 atom stereocenters. The molecule has 0 aliphatic heterocycles. The SMILES string of the molecule is COc1ccc(Cl)cc1C(=O)NCCNc1ccc(-n2cccc2)nn1. The van der Waals surface area contributed by atoms with Gasteiger partial charge in [-0.1, -0.05) is 11.6 Å². The van der Waals surface area contributed by atoms with Gasteiger partial charge >= 0.3 is 0 Å². The second-order valence-electron chi connectivity index (χ2n) is 5.39. The van der Waals surface area contributed by atoms with Crippen LogP contribution in [0.15, 0.2) is 54.9 Å². The molecule has 0 unspecified atom stereocenters. The van der Waals surface area contributed by atoms with Crippen LogP contribution in [-0.2, 0) is 0 Å². The number of nitrogens with zero attached hydrogens (tertiary/aromatic N) is 3. The molecule has 7 nitrogen and oxygen atoms in total. The zero-order chi connectivity index (χ0) is 18.4. The fraction of sp³-hybridized carbons (Fsp3) is 0.167. The molecule has 0 radical (unpaired) electrons. The summed E-state index contributed by atoms with van der Waals surface area (Å²) in [4.78, 5) is 12.3. The monoisotopic (exact) mass is 371 g/mol. The zero-order valence-electron chi connectivity index (χ0n) is 14.1. The zero-order valence-corrected chi connectivity index (χ0v) is 14.9. The summed E-state index contributed by atoms with van der Waals surface area (Å²) < 4.78 is 7.05. The van der Waals surface area contributed by atoms with Crippen molar-refractivity contribution in [2.75, 3.05) is 25.5 Å². The largest absolute Gasteiger partial charge is 0.496 e. The summed E-state index contributed by atoms with van der Waals surface area (Å²) in [6.07, 6.45) is 3.80. The topological polar surface area (TPSA) is 81.1 Å². The number of ether oxygens (including phenoxy) is 1. The average molecular weight is 372 g/mol. The third-order valence-electron chi connectivity index (χ3n) is 3.64. The predicted octanol–water partition coefficient (Wildman–Crippen LogP) is 2.77. The Balaban J connectivity index is 1.50. The Kier molecular flexibility index (Phi) is 5.70. The van der Waals surface area contributed by atoms with Gasteiger partial charge in [0.15, 0.2) is 5.82 Å². The maximum Gasteiger partial charge on any atom is 0.255 e. The second-order valence-corrected chi connectivity index (χ2v) is 5.83. The van der Waals surface area contributed by atoms with Gasteiger partial charge in [0.2, 0.25) is 0 Å². The van der Waals surface area contributed by atoms with Gasteiger partial charge in [0, 0.05) is 30.5 Å². The van der Waals surface area contributed by atoms with Crippen LogP contribution in [-0.4, -0.2) is 40.9 Å². The molecule has 0 saturated heterocycles. The molecular formula is C18H18ClN5O2. The molecule has 26 heavy (non-hydrogen) atoms. The number of rotatable bonds is 7. The van der Waals surface area contributed by atoms with Gasteiger partial charge in [-0.25, -0.2) is 0 Å². The van der Waals surface area contributed by atoms with E-state index in [0.717, 1.165) is 5.82 Å². The van der Waals surface area contributed by atoms with Gasteiger partial charge in [-0.05, 0) is 42.5 Å². The molecule has 0 saturated carbocycles. The fourth-order valence-electron chi connectivity index (χ4n) is 2.36. The van der Waals surface area contributed by atoms with Crippen molar-refractivity contribution in [3.63, 3.8) is 0 Å². The number of halogens is 1. The minimum absolute atomic E-state index is 0.250. The first-order valence-electron chi connectivity index (χ1n) is 8.00. The van der Waals surface area contributed by atoms with Crippen molar-refractivity contribution < 1.29 is 9.53 Å². The van der Waals surface area contributed by atoms with Crippen molar-refractivity contribution in [1.82, 2.24) is 20.1 Å². The maximum absolute atomic E-state index is 12.3. The highest BCUT2D eigenvalue weighted by molar-refractivity contribution is 6.31. The van der Waals surface area contributed by atoms with E-state index >= 15 is 0 Å². The molecule has 0 aliphatic rings. The molecule has 3 aromatic rings. The van der Waals surface area contributed by atoms with Crippen LogP contribution < -0.4 is 15.4 Å². The summed E-state index contributed by atoms with van der Waals surface area (Å²) in [5.41, 5.74) is 0.399. The highest BCUT2D eigenvalue weighted by Gasteiger charge is 2.12. The summed E-state index contributed by atoms with van der Waals surface area (Å²) in [5.74, 6) is 1.60. The van der Waals surface area contributed by atoms with E-state index in [0.29, 0.717) is 35.2 Å². The Morgan fingerprint density at radius 2 is 1.96 bits per heavy atom. The van der Waals surface area contributed by atoms with Crippen LogP contribution in [0.5, 0.6) is 5.75 Å². The first-order chi connectivity index (χ1) is 12.7. The lowest BCUT2D eigenvalue weighted by Gasteiger charge is -2.10. The van der Waals surface area contributed by atoms with Crippen LogP contribution in [0.4, 0.5) is 5.82 Å². The Labute approximate surface area is 156 Å². The van der Waals surface area contributed by atoms with Gasteiger partial charge in [0.25, 0.3) is 5.91 Å². The standard InChI is InChI=1S/C18H18ClN5O2/c1-26-15-5-4-13(19)12-14(15)18(25)21-9-8-20-16-6-7-17(23-22-16)24-10-2-3-11-24/h2-7,10-12H,8-9H2,1H3,(H,20,22)(H,21,25). The van der Waals surface area contributed by atoms with E-state index in [1.165, 1.54) is 7.11 Å². The summed E-state index contributed by atoms with van der Waals surface area (Å²) in [7, 11) is 1.51. The molecule has 0 aliphatic carbocycles. The number of anilines is 1. The van der Waals surface area contributed by atoms with Crippen LogP contribution in [0.1, 0.15) is 10.4 Å². The molecular weight excluding hydrogens is 354 g/mol. The average Bonchev–Trinajstić information content (AvgIpc) is 3.20. The molecule has 0 spiro atoms. The molecule has 3 rings (SSSR count). The van der Waals surface area contributed by atoms with Crippen molar-refractivity contribution in [2.45, 2.75) is 0 Å². The van der Waals surface area contributed by atoms with E-state index in [-0.39, 0.29) is 5.91 Å². The van der Waals surface area contributed by atoms with Gasteiger partial charge < -0.3 is 19.9 Å². The van der Waals surface area contributed by atoms with E-state index in [1.54, 1.807) is 18.2 Å². The van der Waals surface area contributed by atoms with Gasteiger partial charge in [-0.2, -0.15) is 0 Å². The van der Waals surface area contributed by atoms with Crippen molar-refractivity contribution in [1.29, 1.82) is 0 Å². The number of carbonyl (C=O) groups is 1. The van der Waals surface area contributed by atoms with E-state index in [2.05, 4.69) is 20.8 Å². The van der Waals surface area contributed by atoms with Crippen molar-refractivity contribution in [2.24, 2.45) is 0 Å². The normalized spacial score (nSPS) is 10.4. The number of carbonyl (C=O) groups excluding carboxylic acids is 1. The Morgan fingerprint density at radius 3 is 2.65 bits per heavy atom. The molecule has 0 fully saturated rings. The number of hydrogen-bond acceptors (Lipinski definition) is 5. The van der Waals surface area contributed by atoms with Gasteiger partial charge in [0.1, 0.15) is 11.6 Å². The molecule has 1 amide bonds. The highest BCUT2D eigenvalue weighted by atomic mass is 35.5. The van der Waals surface area contributed by atoms with Gasteiger partial charge in [0.05, 0.1) is 12.7 Å². The van der Waals surface area contributed by atoms with Crippen LogP contribution in [0.2, 0.25) is 5.02 Å². The molecule has 8 heteroatoms. The predicted molar refractivity (Wildman–Crippen MR) is 100 cm³/mol. The molecule has 2 heterocycles. The van der Waals surface area contributed by atoms with E-state index < -0.39 is 0 Å². The van der Waals surface area contributed by atoms with E-state index in [1.807, 2.05) is 41.2 Å². The Hall–Kier alpha value is -3.06. The molecule has 134 valence electrons. The first-order valence-corrected chi connectivity index (χ1v) is 8.38. The summed E-state index contributed by atoms with van der Waals surface area (Å²) in [6, 6.07) is 12.5. The van der Waals surface area contributed by atoms with Crippen LogP contribution in [0, 0.1) is 0 Å². The van der Waals surface area contributed by atoms with Crippen LogP contribution in [0.25, 0.3) is 5.82 Å². The lowest BCUT2D eigenvalue weighted by molar-refractivity contribution is 0.0952. The third-order valence-corrected chi connectivity index (χ3v) is 3.88. The van der Waals surface area contributed by atoms with Gasteiger partial charge in [-0.3, -0.25) is 4.79 Å². The summed E-state index contributed by atoms with van der Waals surface area (Å²) in [6.45, 7) is 0.918. The lowest BCUT2D eigenvalue weighted by Crippen LogP contribution is -2.29. The van der Waals surface area contributed by atoms with Gasteiger partial charge in [-0.15, -0.1) is 10.2 Å².